The molecular weight excluding hydrogens is 404 g/mol. The van der Waals surface area contributed by atoms with Gasteiger partial charge in [-0.1, -0.05) is 20.8 Å². The Hall–Kier alpha value is -0.940. The number of esters is 1. The predicted octanol–water partition coefficient (Wildman–Crippen LogP) is 5.40. The number of carbonyl (C=O) groups excluding carboxylic acids is 2. The molecule has 0 N–H and O–H groups in total. The number of ether oxygens (including phenoxy) is 3. The first kappa shape index (κ1) is 24.2. The van der Waals surface area contributed by atoms with Crippen LogP contribution in [0.3, 0.4) is 0 Å². The second-order valence-electron chi connectivity index (χ2n) is 11.8. The van der Waals surface area contributed by atoms with Gasteiger partial charge in [0, 0.05) is 31.8 Å². The molecule has 4 fully saturated rings. The number of fused-ring (bicyclic) bond motifs is 5. The van der Waals surface area contributed by atoms with E-state index in [1.165, 1.54) is 32.8 Å². The Morgan fingerprint density at radius 1 is 1.12 bits per heavy atom. The molecule has 0 saturated heterocycles. The molecule has 0 aromatic carbocycles. The van der Waals surface area contributed by atoms with E-state index in [0.717, 1.165) is 38.0 Å². The number of hydrogen-bond acceptors (Lipinski definition) is 5. The average Bonchev–Trinajstić information content (AvgIpc) is 3.14. The van der Waals surface area contributed by atoms with Crippen molar-refractivity contribution in [3.8, 4) is 0 Å². The lowest BCUT2D eigenvalue weighted by atomic mass is 9.43. The Kier molecular flexibility index (Phi) is 7.08. The normalized spacial score (nSPS) is 44.3. The fourth-order valence-electron chi connectivity index (χ4n) is 8.99. The zero-order chi connectivity index (χ0) is 23.1. The van der Waals surface area contributed by atoms with Gasteiger partial charge in [-0.15, -0.1) is 0 Å². The van der Waals surface area contributed by atoms with Crippen LogP contribution in [0.2, 0.25) is 0 Å². The fraction of sp³-hybridized carbons (Fsp3) is 0.926. The third-order valence-electron chi connectivity index (χ3n) is 10.7. The molecule has 0 bridgehead atoms. The molecule has 0 aromatic heterocycles. The Bertz CT molecular complexity index is 706. The fourth-order valence-corrected chi connectivity index (χ4v) is 8.99. The summed E-state index contributed by atoms with van der Waals surface area (Å²) in [4.78, 5) is 24.0. The topological polar surface area (TPSA) is 61.8 Å². The van der Waals surface area contributed by atoms with Crippen molar-refractivity contribution < 1.29 is 23.8 Å². The third kappa shape index (κ3) is 3.96. The van der Waals surface area contributed by atoms with Crippen LogP contribution in [0, 0.1) is 46.3 Å². The van der Waals surface area contributed by atoms with Crippen LogP contribution >= 0.6 is 0 Å². The summed E-state index contributed by atoms with van der Waals surface area (Å²) in [6.07, 6.45) is 10.2. The van der Waals surface area contributed by atoms with Gasteiger partial charge >= 0.3 is 5.97 Å². The van der Waals surface area contributed by atoms with Crippen LogP contribution in [0.1, 0.15) is 85.0 Å². The van der Waals surface area contributed by atoms with E-state index >= 15 is 0 Å². The molecule has 0 amide bonds. The molecule has 0 unspecified atom stereocenters. The summed E-state index contributed by atoms with van der Waals surface area (Å²) in [7, 11) is 3.19. The smallest absolute Gasteiger partial charge is 0.305 e. The van der Waals surface area contributed by atoms with Crippen LogP contribution in [-0.4, -0.2) is 38.9 Å². The molecule has 0 spiro atoms. The predicted molar refractivity (Wildman–Crippen MR) is 123 cm³/mol. The minimum absolute atomic E-state index is 0.106. The zero-order valence-electron chi connectivity index (χ0n) is 20.9. The van der Waals surface area contributed by atoms with Gasteiger partial charge in [0.05, 0.1) is 13.2 Å². The first-order valence-electron chi connectivity index (χ1n) is 12.9. The van der Waals surface area contributed by atoms with Crippen LogP contribution in [0.15, 0.2) is 0 Å². The molecule has 0 heterocycles. The highest BCUT2D eigenvalue weighted by atomic mass is 16.7. The summed E-state index contributed by atoms with van der Waals surface area (Å²) in [5, 5.41) is 0. The van der Waals surface area contributed by atoms with Gasteiger partial charge in [-0.05, 0) is 85.9 Å². The Morgan fingerprint density at radius 2 is 1.91 bits per heavy atom. The number of methoxy groups -OCH3 is 2. The SMILES string of the molecule is COCO[C@H]1C[C@H]2[C@@H](CC[C@@H]3CC(=O)CC[C@@]32C)[C@@H]2CC[C@H]([C@H](C)CCC(=O)OC)[C@@]12C. The van der Waals surface area contributed by atoms with Gasteiger partial charge in [0.1, 0.15) is 12.6 Å². The Labute approximate surface area is 194 Å². The molecule has 0 radical (unpaired) electrons. The maximum Gasteiger partial charge on any atom is 0.305 e. The molecule has 182 valence electrons. The first-order chi connectivity index (χ1) is 15.3. The van der Waals surface area contributed by atoms with E-state index in [4.69, 9.17) is 14.2 Å². The molecule has 4 aliphatic rings. The van der Waals surface area contributed by atoms with Gasteiger partial charge in [0.15, 0.2) is 0 Å². The van der Waals surface area contributed by atoms with Crippen LogP contribution in [0.25, 0.3) is 0 Å². The van der Waals surface area contributed by atoms with Crippen molar-refractivity contribution in [2.75, 3.05) is 21.0 Å². The van der Waals surface area contributed by atoms with Gasteiger partial charge in [-0.2, -0.15) is 0 Å². The molecule has 0 aromatic rings. The standard InChI is InChI=1S/C27H44O5/c1-17(6-11-25(29)31-5)21-9-10-22-20-8-7-18-14-19(28)12-13-26(18,2)23(20)15-24(27(21,22)3)32-16-30-4/h17-18,20-24H,6-16H2,1-5H3/t17-,18-,20+,21-,22+,23+,24+,26+,27-/m1/s1. The van der Waals surface area contributed by atoms with E-state index in [-0.39, 0.29) is 22.9 Å². The maximum atomic E-state index is 12.2. The Balaban J connectivity index is 1.60. The number of hydrogen-bond donors (Lipinski definition) is 0. The van der Waals surface area contributed by atoms with Crippen molar-refractivity contribution >= 4 is 11.8 Å². The summed E-state index contributed by atoms with van der Waals surface area (Å²) in [5.74, 6) is 3.96. The molecule has 0 aliphatic heterocycles. The van der Waals surface area contributed by atoms with Gasteiger partial charge in [-0.25, -0.2) is 0 Å². The summed E-state index contributed by atoms with van der Waals surface area (Å²) in [6.45, 7) is 7.64. The van der Waals surface area contributed by atoms with E-state index in [1.807, 2.05) is 0 Å². The van der Waals surface area contributed by atoms with Crippen molar-refractivity contribution in [2.24, 2.45) is 46.3 Å². The first-order valence-corrected chi connectivity index (χ1v) is 12.9. The summed E-state index contributed by atoms with van der Waals surface area (Å²) >= 11 is 0. The monoisotopic (exact) mass is 448 g/mol. The van der Waals surface area contributed by atoms with E-state index < -0.39 is 0 Å². The minimum Gasteiger partial charge on any atom is -0.469 e. The van der Waals surface area contributed by atoms with E-state index in [9.17, 15) is 9.59 Å². The van der Waals surface area contributed by atoms with E-state index in [1.54, 1.807) is 7.11 Å². The van der Waals surface area contributed by atoms with Crippen molar-refractivity contribution in [3.05, 3.63) is 0 Å². The molecule has 9 atom stereocenters. The van der Waals surface area contributed by atoms with Crippen LogP contribution in [0.4, 0.5) is 0 Å². The number of ketones is 1. The van der Waals surface area contributed by atoms with Crippen LogP contribution in [0.5, 0.6) is 0 Å². The molecule has 5 heteroatoms. The van der Waals surface area contributed by atoms with Gasteiger partial charge < -0.3 is 14.2 Å². The zero-order valence-corrected chi connectivity index (χ0v) is 20.9. The van der Waals surface area contributed by atoms with Crippen LogP contribution in [-0.2, 0) is 23.8 Å². The van der Waals surface area contributed by atoms with Crippen molar-refractivity contribution in [1.29, 1.82) is 0 Å². The molecule has 4 saturated carbocycles. The van der Waals surface area contributed by atoms with Crippen molar-refractivity contribution in [3.63, 3.8) is 0 Å². The molecule has 5 nitrogen and oxygen atoms in total. The largest absolute Gasteiger partial charge is 0.469 e. The van der Waals surface area contributed by atoms with Crippen molar-refractivity contribution in [2.45, 2.75) is 91.1 Å². The second kappa shape index (κ2) is 9.37. The van der Waals surface area contributed by atoms with Gasteiger partial charge in [0.25, 0.3) is 0 Å². The number of Topliss-reactive ketones (excluding diaryl/α,β-unsaturated/α-hetero) is 1. The number of rotatable bonds is 7. The summed E-state index contributed by atoms with van der Waals surface area (Å²) in [6, 6.07) is 0. The van der Waals surface area contributed by atoms with Crippen molar-refractivity contribution in [1.82, 2.24) is 0 Å². The quantitative estimate of drug-likeness (QED) is 0.385. The lowest BCUT2D eigenvalue weighted by molar-refractivity contribution is -0.208. The van der Waals surface area contributed by atoms with E-state index in [2.05, 4.69) is 20.8 Å². The third-order valence-corrected chi connectivity index (χ3v) is 10.7. The molecular formula is C27H44O5. The molecule has 32 heavy (non-hydrogen) atoms. The summed E-state index contributed by atoms with van der Waals surface area (Å²) in [5.41, 5.74) is 0.379. The Morgan fingerprint density at radius 3 is 2.62 bits per heavy atom. The van der Waals surface area contributed by atoms with E-state index in [0.29, 0.717) is 48.6 Å². The highest BCUT2D eigenvalue weighted by Gasteiger charge is 2.64. The second-order valence-corrected chi connectivity index (χ2v) is 11.8. The lowest BCUT2D eigenvalue weighted by Gasteiger charge is -2.62. The highest BCUT2D eigenvalue weighted by Crippen LogP contribution is 2.68. The van der Waals surface area contributed by atoms with Gasteiger partial charge in [0.2, 0.25) is 0 Å². The number of carbonyl (C=O) groups is 2. The van der Waals surface area contributed by atoms with Gasteiger partial charge in [-0.3, -0.25) is 9.59 Å². The molecule has 4 aliphatic carbocycles. The molecule has 4 rings (SSSR count). The lowest BCUT2D eigenvalue weighted by Crippen LogP contribution is -2.59. The van der Waals surface area contributed by atoms with Crippen LogP contribution < -0.4 is 0 Å². The average molecular weight is 449 g/mol. The summed E-state index contributed by atoms with van der Waals surface area (Å²) < 4.78 is 16.8. The minimum atomic E-state index is -0.106. The maximum absolute atomic E-state index is 12.2. The highest BCUT2D eigenvalue weighted by molar-refractivity contribution is 5.79.